The van der Waals surface area contributed by atoms with Gasteiger partial charge in [-0.1, -0.05) is 12.1 Å². The minimum Gasteiger partial charge on any atom is -0.384 e. The number of hydrogen-bond donors (Lipinski definition) is 3. The van der Waals surface area contributed by atoms with Gasteiger partial charge in [0.25, 0.3) is 0 Å². The molecule has 0 aliphatic carbocycles. The zero-order valence-corrected chi connectivity index (χ0v) is 19.3. The summed E-state index contributed by atoms with van der Waals surface area (Å²) in [6.07, 6.45) is 5.19. The minimum atomic E-state index is -0.976. The molecule has 0 radical (unpaired) electrons. The van der Waals surface area contributed by atoms with Crippen molar-refractivity contribution in [2.45, 2.75) is 25.4 Å². The van der Waals surface area contributed by atoms with Gasteiger partial charge in [0.15, 0.2) is 0 Å². The summed E-state index contributed by atoms with van der Waals surface area (Å²) in [6.45, 7) is 3.86. The Morgan fingerprint density at radius 3 is 2.59 bits per heavy atom. The standard InChI is InChI=1S/C26H28N6O2/c1-26(34,19-10-13-32(2)14-11-19)23-8-5-18-16-28-24(15-22(18)30-23)29-20-6-3-17(4-7-20)21-9-12-27-25(33)31-21/h3-9,12,15-16,19,34H,10-11,13-14H2,1-2H3,(H,28,29)(H,27,31,33). The number of aromatic amines is 1. The van der Waals surface area contributed by atoms with Crippen LogP contribution in [-0.4, -0.2) is 50.1 Å². The Hall–Kier alpha value is -3.62. The van der Waals surface area contributed by atoms with Crippen LogP contribution in [-0.2, 0) is 5.60 Å². The number of piperidine rings is 1. The normalized spacial score (nSPS) is 16.9. The van der Waals surface area contributed by atoms with Gasteiger partial charge in [0, 0.05) is 29.5 Å². The Labute approximate surface area is 197 Å². The van der Waals surface area contributed by atoms with E-state index in [4.69, 9.17) is 4.98 Å². The van der Waals surface area contributed by atoms with E-state index in [0.717, 1.165) is 48.1 Å². The highest BCUT2D eigenvalue weighted by molar-refractivity contribution is 5.81. The Kier molecular flexibility index (Phi) is 5.85. The maximum Gasteiger partial charge on any atom is 0.345 e. The number of aromatic nitrogens is 4. The number of benzene rings is 1. The molecule has 174 valence electrons. The van der Waals surface area contributed by atoms with Crippen molar-refractivity contribution in [3.05, 3.63) is 77.1 Å². The average molecular weight is 457 g/mol. The predicted octanol–water partition coefficient (Wildman–Crippen LogP) is 3.67. The zero-order chi connectivity index (χ0) is 23.7. The highest BCUT2D eigenvalue weighted by Gasteiger charge is 2.36. The Morgan fingerprint density at radius 1 is 1.09 bits per heavy atom. The Bertz CT molecular complexity index is 1360. The fraction of sp³-hybridized carbons (Fsp3) is 0.308. The largest absolute Gasteiger partial charge is 0.384 e. The van der Waals surface area contributed by atoms with Crippen LogP contribution in [0.5, 0.6) is 0 Å². The molecule has 1 unspecified atom stereocenters. The molecule has 34 heavy (non-hydrogen) atoms. The maximum absolute atomic E-state index is 11.5. The SMILES string of the molecule is CN1CCC(C(C)(O)c2ccc3cnc(Nc4ccc(-c5ccnc(=O)[nH]5)cc4)cc3n2)CC1. The smallest absolute Gasteiger partial charge is 0.345 e. The van der Waals surface area contributed by atoms with E-state index < -0.39 is 5.60 Å². The van der Waals surface area contributed by atoms with E-state index in [1.165, 1.54) is 6.20 Å². The van der Waals surface area contributed by atoms with Gasteiger partial charge in [0.05, 0.1) is 16.9 Å². The van der Waals surface area contributed by atoms with E-state index in [9.17, 15) is 9.90 Å². The van der Waals surface area contributed by atoms with E-state index >= 15 is 0 Å². The number of H-pyrrole nitrogens is 1. The van der Waals surface area contributed by atoms with Crippen LogP contribution < -0.4 is 11.0 Å². The van der Waals surface area contributed by atoms with Gasteiger partial charge in [0.2, 0.25) is 0 Å². The topological polar surface area (TPSA) is 107 Å². The lowest BCUT2D eigenvalue weighted by atomic mass is 9.79. The number of likely N-dealkylation sites (tertiary alicyclic amines) is 1. The fourth-order valence-corrected chi connectivity index (χ4v) is 4.56. The van der Waals surface area contributed by atoms with Crippen LogP contribution in [0.15, 0.2) is 65.7 Å². The lowest BCUT2D eigenvalue weighted by Gasteiger charge is -2.38. The molecule has 0 bridgehead atoms. The van der Waals surface area contributed by atoms with E-state index in [1.54, 1.807) is 12.3 Å². The first-order valence-electron chi connectivity index (χ1n) is 11.5. The van der Waals surface area contributed by atoms with Gasteiger partial charge in [-0.2, -0.15) is 0 Å². The van der Waals surface area contributed by atoms with Crippen LogP contribution in [0.2, 0.25) is 0 Å². The first kappa shape index (κ1) is 22.2. The second-order valence-corrected chi connectivity index (χ2v) is 9.17. The van der Waals surface area contributed by atoms with Crippen LogP contribution >= 0.6 is 0 Å². The molecular weight excluding hydrogens is 428 g/mol. The van der Waals surface area contributed by atoms with Crippen molar-refractivity contribution in [2.24, 2.45) is 5.92 Å². The van der Waals surface area contributed by atoms with Gasteiger partial charge in [-0.3, -0.25) is 0 Å². The van der Waals surface area contributed by atoms with E-state index in [1.807, 2.05) is 49.4 Å². The third kappa shape index (κ3) is 4.55. The van der Waals surface area contributed by atoms with Crippen LogP contribution in [0.3, 0.4) is 0 Å². The molecule has 1 aliphatic heterocycles. The van der Waals surface area contributed by atoms with Crippen molar-refractivity contribution in [1.29, 1.82) is 0 Å². The van der Waals surface area contributed by atoms with Gasteiger partial charge in [-0.15, -0.1) is 0 Å². The molecule has 5 rings (SSSR count). The average Bonchev–Trinajstić information content (AvgIpc) is 2.84. The van der Waals surface area contributed by atoms with E-state index in [-0.39, 0.29) is 11.6 Å². The quantitative estimate of drug-likeness (QED) is 0.421. The predicted molar refractivity (Wildman–Crippen MR) is 133 cm³/mol. The molecule has 1 aromatic carbocycles. The summed E-state index contributed by atoms with van der Waals surface area (Å²) in [7, 11) is 2.12. The summed E-state index contributed by atoms with van der Waals surface area (Å²) in [6, 6.07) is 15.2. The molecule has 1 fully saturated rings. The number of nitrogens with one attached hydrogen (secondary N) is 2. The summed E-state index contributed by atoms with van der Waals surface area (Å²) in [5, 5.41) is 15.6. The van der Waals surface area contributed by atoms with Crippen molar-refractivity contribution in [3.63, 3.8) is 0 Å². The number of anilines is 2. The fourth-order valence-electron chi connectivity index (χ4n) is 4.56. The van der Waals surface area contributed by atoms with Crippen molar-refractivity contribution >= 4 is 22.4 Å². The van der Waals surface area contributed by atoms with Crippen molar-refractivity contribution < 1.29 is 5.11 Å². The van der Waals surface area contributed by atoms with Gasteiger partial charge in [-0.25, -0.2) is 19.7 Å². The molecule has 8 nitrogen and oxygen atoms in total. The zero-order valence-electron chi connectivity index (χ0n) is 19.3. The molecule has 4 heterocycles. The number of rotatable bonds is 5. The minimum absolute atomic E-state index is 0.182. The van der Waals surface area contributed by atoms with Gasteiger partial charge < -0.3 is 20.3 Å². The van der Waals surface area contributed by atoms with Gasteiger partial charge in [0.1, 0.15) is 11.4 Å². The van der Waals surface area contributed by atoms with Gasteiger partial charge >= 0.3 is 5.69 Å². The third-order valence-electron chi connectivity index (χ3n) is 6.75. The van der Waals surface area contributed by atoms with Crippen LogP contribution in [0, 0.1) is 5.92 Å². The Morgan fingerprint density at radius 2 is 1.85 bits per heavy atom. The first-order valence-corrected chi connectivity index (χ1v) is 11.5. The summed E-state index contributed by atoms with van der Waals surface area (Å²) in [5.41, 5.74) is 2.60. The molecule has 1 saturated heterocycles. The summed E-state index contributed by atoms with van der Waals surface area (Å²) in [5.74, 6) is 0.850. The van der Waals surface area contributed by atoms with Crippen molar-refractivity contribution in [2.75, 3.05) is 25.5 Å². The molecule has 0 saturated carbocycles. The maximum atomic E-state index is 11.5. The molecule has 8 heteroatoms. The molecule has 0 spiro atoms. The van der Waals surface area contributed by atoms with Crippen LogP contribution in [0.1, 0.15) is 25.5 Å². The number of nitrogens with zero attached hydrogens (tertiary/aromatic N) is 4. The third-order valence-corrected chi connectivity index (χ3v) is 6.75. The van der Waals surface area contributed by atoms with Crippen LogP contribution in [0.4, 0.5) is 11.5 Å². The Balaban J connectivity index is 1.37. The highest BCUT2D eigenvalue weighted by Crippen LogP contribution is 2.36. The molecule has 0 amide bonds. The number of hydrogen-bond acceptors (Lipinski definition) is 7. The van der Waals surface area contributed by atoms with E-state index in [2.05, 4.69) is 32.2 Å². The number of fused-ring (bicyclic) bond motifs is 1. The first-order chi connectivity index (χ1) is 16.4. The second-order valence-electron chi connectivity index (χ2n) is 9.17. The lowest BCUT2D eigenvalue weighted by molar-refractivity contribution is -0.0334. The molecular formula is C26H28N6O2. The highest BCUT2D eigenvalue weighted by atomic mass is 16.3. The molecule has 3 N–H and O–H groups in total. The van der Waals surface area contributed by atoms with Crippen LogP contribution in [0.25, 0.3) is 22.2 Å². The van der Waals surface area contributed by atoms with Crippen molar-refractivity contribution in [3.8, 4) is 11.3 Å². The van der Waals surface area contributed by atoms with E-state index in [0.29, 0.717) is 17.2 Å². The second kappa shape index (κ2) is 8.96. The molecule has 1 aliphatic rings. The summed E-state index contributed by atoms with van der Waals surface area (Å²) < 4.78 is 0. The lowest BCUT2D eigenvalue weighted by Crippen LogP contribution is -2.41. The number of aliphatic hydroxyl groups is 1. The molecule has 4 aromatic rings. The molecule has 3 aromatic heterocycles. The van der Waals surface area contributed by atoms with Gasteiger partial charge in [-0.05, 0) is 81.7 Å². The number of pyridine rings is 2. The molecule has 1 atom stereocenters. The summed E-state index contributed by atoms with van der Waals surface area (Å²) in [4.78, 5) is 29.5. The summed E-state index contributed by atoms with van der Waals surface area (Å²) >= 11 is 0. The van der Waals surface area contributed by atoms with Crippen molar-refractivity contribution in [1.82, 2.24) is 24.8 Å². The monoisotopic (exact) mass is 456 g/mol.